The molecule has 0 aliphatic carbocycles. The molecule has 0 radical (unpaired) electrons. The summed E-state index contributed by atoms with van der Waals surface area (Å²) in [4.78, 5) is 11.9. The molecule has 96 valence electrons. The number of benzene rings is 1. The zero-order valence-electron chi connectivity index (χ0n) is 10.6. The van der Waals surface area contributed by atoms with Gasteiger partial charge in [0, 0.05) is 4.47 Å². The van der Waals surface area contributed by atoms with Crippen molar-refractivity contribution in [3.05, 3.63) is 34.3 Å². The Hall–Kier alpha value is -1.34. The summed E-state index contributed by atoms with van der Waals surface area (Å²) in [6.07, 6.45) is 1.44. The summed E-state index contributed by atoms with van der Waals surface area (Å²) in [6.45, 7) is 3.89. The molecule has 4 heteroatoms. The van der Waals surface area contributed by atoms with Gasteiger partial charge in [0.05, 0.1) is 12.1 Å². The van der Waals surface area contributed by atoms with E-state index in [1.54, 1.807) is 0 Å². The molecule has 1 aromatic carbocycles. The Labute approximate surface area is 116 Å². The zero-order chi connectivity index (χ0) is 13.5. The van der Waals surface area contributed by atoms with Gasteiger partial charge < -0.3 is 5.32 Å². The minimum Gasteiger partial charge on any atom is -0.348 e. The summed E-state index contributed by atoms with van der Waals surface area (Å²) >= 11 is 3.37. The number of carbonyl (C=O) groups is 1. The standard InChI is InChI=1S/C14H17BrN2O/c1-3-4-12(9-16)14(18)17-10(2)11-5-7-13(15)8-6-11/h5-8,10,12H,3-4H2,1-2H3,(H,17,18)/t10-,12?/m1/s1. The summed E-state index contributed by atoms with van der Waals surface area (Å²) in [7, 11) is 0. The predicted molar refractivity (Wildman–Crippen MR) is 74.7 cm³/mol. The van der Waals surface area contributed by atoms with Gasteiger partial charge in [-0.05, 0) is 31.0 Å². The van der Waals surface area contributed by atoms with Crippen LogP contribution in [0.3, 0.4) is 0 Å². The molecule has 18 heavy (non-hydrogen) atoms. The molecule has 1 aromatic rings. The molecule has 1 N–H and O–H groups in total. The largest absolute Gasteiger partial charge is 0.348 e. The molecule has 0 aromatic heterocycles. The van der Waals surface area contributed by atoms with E-state index in [2.05, 4.69) is 21.2 Å². The molecule has 3 nitrogen and oxygen atoms in total. The van der Waals surface area contributed by atoms with E-state index < -0.39 is 5.92 Å². The van der Waals surface area contributed by atoms with Gasteiger partial charge in [-0.15, -0.1) is 0 Å². The molecule has 1 unspecified atom stereocenters. The molecule has 2 atom stereocenters. The first kappa shape index (κ1) is 14.7. The van der Waals surface area contributed by atoms with Gasteiger partial charge in [-0.3, -0.25) is 4.79 Å². The third-order valence-electron chi connectivity index (χ3n) is 2.78. The number of hydrogen-bond donors (Lipinski definition) is 1. The van der Waals surface area contributed by atoms with Crippen LogP contribution in [-0.2, 0) is 4.79 Å². The van der Waals surface area contributed by atoms with Crippen LogP contribution in [0, 0.1) is 17.2 Å². The molecule has 0 spiro atoms. The Balaban J connectivity index is 2.64. The van der Waals surface area contributed by atoms with Crippen molar-refractivity contribution in [2.75, 3.05) is 0 Å². The molecule has 0 saturated heterocycles. The van der Waals surface area contributed by atoms with Crippen molar-refractivity contribution >= 4 is 21.8 Å². The number of hydrogen-bond acceptors (Lipinski definition) is 2. The molecule has 0 fully saturated rings. The Morgan fingerprint density at radius 2 is 2.06 bits per heavy atom. The van der Waals surface area contributed by atoms with Gasteiger partial charge in [0.25, 0.3) is 0 Å². The van der Waals surface area contributed by atoms with Crippen LogP contribution in [0.2, 0.25) is 0 Å². The maximum Gasteiger partial charge on any atom is 0.237 e. The first-order valence-corrected chi connectivity index (χ1v) is 6.83. The average molecular weight is 309 g/mol. The fourth-order valence-corrected chi connectivity index (χ4v) is 1.96. The van der Waals surface area contributed by atoms with Crippen LogP contribution in [-0.4, -0.2) is 5.91 Å². The summed E-state index contributed by atoms with van der Waals surface area (Å²) < 4.78 is 1.01. The second-order valence-electron chi connectivity index (χ2n) is 4.25. The van der Waals surface area contributed by atoms with E-state index >= 15 is 0 Å². The second-order valence-corrected chi connectivity index (χ2v) is 5.17. The summed E-state index contributed by atoms with van der Waals surface area (Å²) in [5, 5.41) is 11.8. The lowest BCUT2D eigenvalue weighted by Crippen LogP contribution is -2.32. The Morgan fingerprint density at radius 3 is 2.56 bits per heavy atom. The van der Waals surface area contributed by atoms with Crippen molar-refractivity contribution < 1.29 is 4.79 Å². The van der Waals surface area contributed by atoms with Crippen molar-refractivity contribution in [2.24, 2.45) is 5.92 Å². The minimum atomic E-state index is -0.548. The predicted octanol–water partition coefficient (Wildman–Crippen LogP) is 3.57. The van der Waals surface area contributed by atoms with Gasteiger partial charge in [0.15, 0.2) is 0 Å². The monoisotopic (exact) mass is 308 g/mol. The highest BCUT2D eigenvalue weighted by Crippen LogP contribution is 2.17. The smallest absolute Gasteiger partial charge is 0.237 e. The lowest BCUT2D eigenvalue weighted by atomic mass is 10.0. The SMILES string of the molecule is CCCC(C#N)C(=O)N[C@H](C)c1ccc(Br)cc1. The van der Waals surface area contributed by atoms with Crippen molar-refractivity contribution in [3.8, 4) is 6.07 Å². The molecule has 0 heterocycles. The van der Waals surface area contributed by atoms with E-state index in [0.717, 1.165) is 16.5 Å². The van der Waals surface area contributed by atoms with Gasteiger partial charge in [0.2, 0.25) is 5.91 Å². The lowest BCUT2D eigenvalue weighted by Gasteiger charge is -2.16. The highest BCUT2D eigenvalue weighted by molar-refractivity contribution is 9.10. The van der Waals surface area contributed by atoms with E-state index in [-0.39, 0.29) is 11.9 Å². The maximum atomic E-state index is 11.9. The molecule has 1 rings (SSSR count). The molecule has 1 amide bonds. The molecular weight excluding hydrogens is 292 g/mol. The summed E-state index contributed by atoms with van der Waals surface area (Å²) in [5.74, 6) is -0.734. The number of nitrogens with one attached hydrogen (secondary N) is 1. The number of amides is 1. The molecule has 0 aliphatic heterocycles. The van der Waals surface area contributed by atoms with E-state index in [4.69, 9.17) is 5.26 Å². The van der Waals surface area contributed by atoms with E-state index in [1.807, 2.05) is 44.2 Å². The second kappa shape index (κ2) is 7.17. The minimum absolute atomic E-state index is 0.0849. The fraction of sp³-hybridized carbons (Fsp3) is 0.429. The molecular formula is C14H17BrN2O. The van der Waals surface area contributed by atoms with Gasteiger partial charge in [-0.1, -0.05) is 41.4 Å². The third kappa shape index (κ3) is 4.15. The van der Waals surface area contributed by atoms with Gasteiger partial charge in [-0.25, -0.2) is 0 Å². The lowest BCUT2D eigenvalue weighted by molar-refractivity contribution is -0.124. The number of carbonyl (C=O) groups excluding carboxylic acids is 1. The Kier molecular flexibility index (Phi) is 5.87. The van der Waals surface area contributed by atoms with Crippen LogP contribution < -0.4 is 5.32 Å². The molecule has 0 aliphatic rings. The number of halogens is 1. The number of rotatable bonds is 5. The van der Waals surface area contributed by atoms with Crippen molar-refractivity contribution in [1.82, 2.24) is 5.32 Å². The third-order valence-corrected chi connectivity index (χ3v) is 3.31. The van der Waals surface area contributed by atoms with E-state index in [1.165, 1.54) is 0 Å². The van der Waals surface area contributed by atoms with Crippen molar-refractivity contribution in [3.63, 3.8) is 0 Å². The van der Waals surface area contributed by atoms with Gasteiger partial charge >= 0.3 is 0 Å². The van der Waals surface area contributed by atoms with Crippen LogP contribution in [0.25, 0.3) is 0 Å². The quantitative estimate of drug-likeness (QED) is 0.904. The first-order valence-electron chi connectivity index (χ1n) is 6.04. The Morgan fingerprint density at radius 1 is 1.44 bits per heavy atom. The first-order chi connectivity index (χ1) is 8.58. The summed E-state index contributed by atoms with van der Waals surface area (Å²) in [5.41, 5.74) is 1.03. The molecule has 0 bridgehead atoms. The highest BCUT2D eigenvalue weighted by atomic mass is 79.9. The van der Waals surface area contributed by atoms with Crippen molar-refractivity contribution in [1.29, 1.82) is 5.26 Å². The van der Waals surface area contributed by atoms with Crippen LogP contribution in [0.4, 0.5) is 0 Å². The fourth-order valence-electron chi connectivity index (χ4n) is 1.69. The van der Waals surface area contributed by atoms with Gasteiger partial charge in [0.1, 0.15) is 5.92 Å². The highest BCUT2D eigenvalue weighted by Gasteiger charge is 2.18. The summed E-state index contributed by atoms with van der Waals surface area (Å²) in [6, 6.07) is 9.75. The van der Waals surface area contributed by atoms with Gasteiger partial charge in [-0.2, -0.15) is 5.26 Å². The van der Waals surface area contributed by atoms with Crippen molar-refractivity contribution in [2.45, 2.75) is 32.7 Å². The number of nitrogens with zero attached hydrogens (tertiary/aromatic N) is 1. The topological polar surface area (TPSA) is 52.9 Å². The van der Waals surface area contributed by atoms with E-state index in [9.17, 15) is 4.79 Å². The average Bonchev–Trinajstić information content (AvgIpc) is 2.36. The van der Waals surface area contributed by atoms with Crippen LogP contribution in [0.5, 0.6) is 0 Å². The van der Waals surface area contributed by atoms with Crippen LogP contribution in [0.15, 0.2) is 28.7 Å². The van der Waals surface area contributed by atoms with E-state index in [0.29, 0.717) is 6.42 Å². The number of nitriles is 1. The maximum absolute atomic E-state index is 11.9. The van der Waals surface area contributed by atoms with Crippen LogP contribution in [0.1, 0.15) is 38.3 Å². The Bertz CT molecular complexity index is 436. The normalized spacial score (nSPS) is 13.4. The zero-order valence-corrected chi connectivity index (χ0v) is 12.2. The molecule has 0 saturated carbocycles. The van der Waals surface area contributed by atoms with Crippen LogP contribution >= 0.6 is 15.9 Å².